The maximum absolute atomic E-state index is 13.9. The molecule has 0 spiro atoms. The lowest BCUT2D eigenvalue weighted by molar-refractivity contribution is -0.140. The molecule has 1 atom stereocenters. The largest absolute Gasteiger partial charge is 0.419 e. The first-order valence-electron chi connectivity index (χ1n) is 7.42. The van der Waals surface area contributed by atoms with E-state index in [0.29, 0.717) is 5.56 Å². The molecule has 1 heterocycles. The second-order valence-electron chi connectivity index (χ2n) is 6.79. The van der Waals surface area contributed by atoms with Crippen molar-refractivity contribution in [2.45, 2.75) is 33.0 Å². The quantitative estimate of drug-likeness (QED) is 0.737. The van der Waals surface area contributed by atoms with Crippen LogP contribution in [0, 0.1) is 11.2 Å². The summed E-state index contributed by atoms with van der Waals surface area (Å²) < 4.78 is 52.0. The minimum absolute atomic E-state index is 0. The van der Waals surface area contributed by atoms with Crippen LogP contribution in [-0.4, -0.2) is 31.1 Å². The average Bonchev–Trinajstić information content (AvgIpc) is 2.37. The zero-order chi connectivity index (χ0) is 16.5. The Kier molecular flexibility index (Phi) is 8.49. The van der Waals surface area contributed by atoms with E-state index in [9.17, 15) is 17.6 Å². The average molecular weight is 391 g/mol. The van der Waals surface area contributed by atoms with Gasteiger partial charge < -0.3 is 5.32 Å². The molecule has 1 N–H and O–H groups in total. The Labute approximate surface area is 152 Å². The van der Waals surface area contributed by atoms with Gasteiger partial charge in [0.25, 0.3) is 0 Å². The van der Waals surface area contributed by atoms with Crippen LogP contribution in [0.4, 0.5) is 17.6 Å². The Balaban J connectivity index is 0.00000264. The zero-order valence-electron chi connectivity index (χ0n) is 13.9. The second kappa shape index (κ2) is 8.70. The standard InChI is InChI=1S/C16H22F4N2.2ClH/c1-15(2,3)14(22-8-6-21-7-9-22)11-4-5-12(13(17)10-11)16(18,19)20;;/h4-5,10,14,21H,6-9H2,1-3H3;2*1H/t14-;;/m1../s1. The number of hydrogen-bond acceptors (Lipinski definition) is 2. The van der Waals surface area contributed by atoms with Crippen LogP contribution >= 0.6 is 24.8 Å². The molecule has 1 aromatic rings. The molecule has 1 aliphatic heterocycles. The van der Waals surface area contributed by atoms with Crippen molar-refractivity contribution in [3.63, 3.8) is 0 Å². The summed E-state index contributed by atoms with van der Waals surface area (Å²) in [6.45, 7) is 9.32. The van der Waals surface area contributed by atoms with E-state index >= 15 is 0 Å². The van der Waals surface area contributed by atoms with Gasteiger partial charge in [0.15, 0.2) is 0 Å². The molecular weight excluding hydrogens is 367 g/mol. The molecule has 1 aromatic carbocycles. The predicted octanol–water partition coefficient (Wildman–Crippen LogP) is 4.68. The Hall–Kier alpha value is -0.560. The van der Waals surface area contributed by atoms with Gasteiger partial charge in [0, 0.05) is 32.2 Å². The van der Waals surface area contributed by atoms with Gasteiger partial charge >= 0.3 is 6.18 Å². The molecule has 2 rings (SSSR count). The van der Waals surface area contributed by atoms with Gasteiger partial charge in [0.1, 0.15) is 5.82 Å². The highest BCUT2D eigenvalue weighted by atomic mass is 35.5. The lowest BCUT2D eigenvalue weighted by atomic mass is 9.80. The highest BCUT2D eigenvalue weighted by molar-refractivity contribution is 5.85. The smallest absolute Gasteiger partial charge is 0.314 e. The minimum Gasteiger partial charge on any atom is -0.314 e. The molecule has 0 unspecified atom stereocenters. The first-order chi connectivity index (χ1) is 10.1. The second-order valence-corrected chi connectivity index (χ2v) is 6.79. The van der Waals surface area contributed by atoms with Gasteiger partial charge in [-0.3, -0.25) is 4.90 Å². The van der Waals surface area contributed by atoms with Crippen molar-refractivity contribution in [2.24, 2.45) is 5.41 Å². The normalized spacial score (nSPS) is 17.6. The third-order valence-electron chi connectivity index (χ3n) is 3.95. The minimum atomic E-state index is -4.66. The maximum atomic E-state index is 13.9. The molecule has 0 amide bonds. The summed E-state index contributed by atoms with van der Waals surface area (Å²) >= 11 is 0. The number of halogens is 6. The fourth-order valence-corrected chi connectivity index (χ4v) is 3.13. The molecule has 0 aromatic heterocycles. The van der Waals surface area contributed by atoms with E-state index < -0.39 is 17.6 Å². The molecule has 0 radical (unpaired) electrons. The van der Waals surface area contributed by atoms with Crippen LogP contribution in [0.5, 0.6) is 0 Å². The molecule has 140 valence electrons. The first-order valence-corrected chi connectivity index (χ1v) is 7.42. The third-order valence-corrected chi connectivity index (χ3v) is 3.95. The molecule has 1 fully saturated rings. The molecule has 24 heavy (non-hydrogen) atoms. The van der Waals surface area contributed by atoms with Gasteiger partial charge in [0.2, 0.25) is 0 Å². The van der Waals surface area contributed by atoms with Gasteiger partial charge in [-0.05, 0) is 23.1 Å². The summed E-state index contributed by atoms with van der Waals surface area (Å²) in [6, 6.07) is 3.18. The van der Waals surface area contributed by atoms with E-state index in [1.165, 1.54) is 6.07 Å². The van der Waals surface area contributed by atoms with E-state index in [4.69, 9.17) is 0 Å². The molecule has 0 bridgehead atoms. The van der Waals surface area contributed by atoms with Crippen LogP contribution in [0.1, 0.15) is 37.9 Å². The van der Waals surface area contributed by atoms with E-state index in [-0.39, 0.29) is 36.3 Å². The monoisotopic (exact) mass is 390 g/mol. The van der Waals surface area contributed by atoms with Crippen LogP contribution in [0.2, 0.25) is 0 Å². The fraction of sp³-hybridized carbons (Fsp3) is 0.625. The van der Waals surface area contributed by atoms with E-state index in [0.717, 1.165) is 38.3 Å². The third kappa shape index (κ3) is 5.48. The first kappa shape index (κ1) is 23.4. The number of nitrogens with one attached hydrogen (secondary N) is 1. The summed E-state index contributed by atoms with van der Waals surface area (Å²) in [6.07, 6.45) is -4.66. The summed E-state index contributed by atoms with van der Waals surface area (Å²) in [5.74, 6) is -1.20. The summed E-state index contributed by atoms with van der Waals surface area (Å²) in [5.41, 5.74) is -0.812. The van der Waals surface area contributed by atoms with Crippen molar-refractivity contribution in [1.29, 1.82) is 0 Å². The lowest BCUT2D eigenvalue weighted by Gasteiger charge is -2.42. The van der Waals surface area contributed by atoms with E-state index in [1.807, 2.05) is 20.8 Å². The fourth-order valence-electron chi connectivity index (χ4n) is 3.13. The van der Waals surface area contributed by atoms with Crippen molar-refractivity contribution in [3.8, 4) is 0 Å². The Morgan fingerprint density at radius 3 is 2.00 bits per heavy atom. The topological polar surface area (TPSA) is 15.3 Å². The Morgan fingerprint density at radius 2 is 1.58 bits per heavy atom. The maximum Gasteiger partial charge on any atom is 0.419 e. The molecule has 8 heteroatoms. The van der Waals surface area contributed by atoms with Gasteiger partial charge in [-0.1, -0.05) is 26.8 Å². The van der Waals surface area contributed by atoms with Crippen molar-refractivity contribution >= 4 is 24.8 Å². The number of nitrogens with zero attached hydrogens (tertiary/aromatic N) is 1. The van der Waals surface area contributed by atoms with Crippen LogP contribution in [0.25, 0.3) is 0 Å². The highest BCUT2D eigenvalue weighted by Crippen LogP contribution is 2.40. The van der Waals surface area contributed by atoms with Crippen LogP contribution in [0.3, 0.4) is 0 Å². The molecule has 2 nitrogen and oxygen atoms in total. The van der Waals surface area contributed by atoms with Crippen LogP contribution in [-0.2, 0) is 6.18 Å². The molecule has 1 aliphatic rings. The van der Waals surface area contributed by atoms with Crippen molar-refractivity contribution in [2.75, 3.05) is 26.2 Å². The van der Waals surface area contributed by atoms with Crippen molar-refractivity contribution in [3.05, 3.63) is 35.1 Å². The summed E-state index contributed by atoms with van der Waals surface area (Å²) in [7, 11) is 0. The van der Waals surface area contributed by atoms with Crippen molar-refractivity contribution < 1.29 is 17.6 Å². The zero-order valence-corrected chi connectivity index (χ0v) is 15.5. The molecule has 0 aliphatic carbocycles. The van der Waals surface area contributed by atoms with Gasteiger partial charge in [-0.2, -0.15) is 13.2 Å². The van der Waals surface area contributed by atoms with Crippen LogP contribution in [0.15, 0.2) is 18.2 Å². The van der Waals surface area contributed by atoms with E-state index in [2.05, 4.69) is 10.2 Å². The highest BCUT2D eigenvalue weighted by Gasteiger charge is 2.37. The predicted molar refractivity (Wildman–Crippen MR) is 92.5 cm³/mol. The van der Waals surface area contributed by atoms with Gasteiger partial charge in [-0.25, -0.2) is 4.39 Å². The van der Waals surface area contributed by atoms with Gasteiger partial charge in [-0.15, -0.1) is 24.8 Å². The van der Waals surface area contributed by atoms with Crippen LogP contribution < -0.4 is 5.32 Å². The SMILES string of the molecule is CC(C)(C)[C@@H](c1ccc(C(F)(F)F)c(F)c1)N1CCNCC1.Cl.Cl. The Bertz CT molecular complexity index is 524. The Morgan fingerprint density at radius 1 is 1.04 bits per heavy atom. The number of alkyl halides is 3. The molecule has 1 saturated heterocycles. The summed E-state index contributed by atoms with van der Waals surface area (Å²) in [4.78, 5) is 2.21. The summed E-state index contributed by atoms with van der Waals surface area (Å²) in [5, 5.41) is 3.25. The van der Waals surface area contributed by atoms with Crippen molar-refractivity contribution in [1.82, 2.24) is 10.2 Å². The van der Waals surface area contributed by atoms with Gasteiger partial charge in [0.05, 0.1) is 5.56 Å². The molecular formula is C16H24Cl2F4N2. The van der Waals surface area contributed by atoms with E-state index in [1.54, 1.807) is 0 Å². The number of hydrogen-bond donors (Lipinski definition) is 1. The number of piperazine rings is 1. The number of benzene rings is 1. The lowest BCUT2D eigenvalue weighted by Crippen LogP contribution is -2.48. The molecule has 0 saturated carbocycles. The number of rotatable bonds is 2.